The number of hydrogen-bond acceptors (Lipinski definition) is 2. The molecule has 0 bridgehead atoms. The molecule has 0 saturated carbocycles. The zero-order valence-electron chi connectivity index (χ0n) is 6.68. The predicted molar refractivity (Wildman–Crippen MR) is 46.7 cm³/mol. The Balaban J connectivity index is 0.000000845. The molecule has 0 spiro atoms. The monoisotopic (exact) mass is 197 g/mol. The Morgan fingerprint density at radius 3 is 2.46 bits per heavy atom. The van der Waals surface area contributed by atoms with Crippen LogP contribution >= 0.6 is 12.4 Å². The van der Waals surface area contributed by atoms with E-state index in [0.29, 0.717) is 0 Å². The third-order valence-corrected chi connectivity index (χ3v) is 1.49. The van der Waals surface area contributed by atoms with Gasteiger partial charge in [0.2, 0.25) is 11.9 Å². The van der Waals surface area contributed by atoms with Crippen molar-refractivity contribution in [1.82, 2.24) is 5.27 Å². The largest absolute Gasteiger partial charge is 0.487 e. The fraction of sp³-hybridized carbons (Fsp3) is 0. The summed E-state index contributed by atoms with van der Waals surface area (Å²) in [6.45, 7) is 0. The lowest BCUT2D eigenvalue weighted by Gasteiger charge is -1.93. The van der Waals surface area contributed by atoms with Crippen molar-refractivity contribution >= 4 is 12.4 Å². The van der Waals surface area contributed by atoms with Crippen LogP contribution in [0, 0.1) is 5.41 Å². The molecule has 2 rings (SSSR count). The van der Waals surface area contributed by atoms with Crippen LogP contribution in [0.25, 0.3) is 5.69 Å². The van der Waals surface area contributed by atoms with Crippen molar-refractivity contribution in [2.75, 3.05) is 0 Å². The number of halogens is 1. The van der Waals surface area contributed by atoms with Crippen LogP contribution in [0.3, 0.4) is 0 Å². The van der Waals surface area contributed by atoms with Crippen LogP contribution in [-0.4, -0.2) is 0 Å². The van der Waals surface area contributed by atoms with Gasteiger partial charge in [0.15, 0.2) is 0 Å². The van der Waals surface area contributed by atoms with Crippen molar-refractivity contribution in [2.45, 2.75) is 0 Å². The second-order valence-corrected chi connectivity index (χ2v) is 2.35. The van der Waals surface area contributed by atoms with Crippen LogP contribution in [0.1, 0.15) is 0 Å². The Kier molecular flexibility index (Phi) is 2.87. The Hall–Kier alpha value is -1.55. The highest BCUT2D eigenvalue weighted by molar-refractivity contribution is 5.85. The molecule has 1 aromatic carbocycles. The van der Waals surface area contributed by atoms with Gasteiger partial charge in [-0.3, -0.25) is 10.7 Å². The van der Waals surface area contributed by atoms with Crippen LogP contribution in [0.5, 0.6) is 0 Å². The first kappa shape index (κ1) is 9.54. The maximum atomic E-state index is 7.12. The molecule has 2 aromatic rings. The first-order chi connectivity index (χ1) is 5.86. The molecule has 0 aliphatic carbocycles. The van der Waals surface area contributed by atoms with Gasteiger partial charge in [-0.15, -0.1) is 12.4 Å². The first-order valence-corrected chi connectivity index (χ1v) is 3.52. The lowest BCUT2D eigenvalue weighted by molar-refractivity contribution is -0.676. The average molecular weight is 198 g/mol. The SMILES string of the molecule is Cl.N=c1c[n+](-c2ccccc2)[n-]o1. The zero-order valence-corrected chi connectivity index (χ0v) is 7.49. The standard InChI is InChI=1S/C8H7N3O.ClH/c9-8-6-11(10-12-8)7-4-2-1-3-5-7;/h1-6,9H;1H. The number of aromatic nitrogens is 2. The van der Waals surface area contributed by atoms with Crippen LogP contribution < -0.4 is 15.5 Å². The second-order valence-electron chi connectivity index (χ2n) is 2.35. The summed E-state index contributed by atoms with van der Waals surface area (Å²) in [6, 6.07) is 9.51. The van der Waals surface area contributed by atoms with Gasteiger partial charge in [-0.05, 0) is 0 Å². The molecule has 68 valence electrons. The van der Waals surface area contributed by atoms with E-state index in [4.69, 9.17) is 5.41 Å². The fourth-order valence-electron chi connectivity index (χ4n) is 0.949. The summed E-state index contributed by atoms with van der Waals surface area (Å²) in [5, 5.41) is 10.8. The van der Waals surface area contributed by atoms with E-state index < -0.39 is 0 Å². The molecular formula is C8H8ClN3O. The Bertz CT molecular complexity index is 420. The van der Waals surface area contributed by atoms with Gasteiger partial charge in [0.1, 0.15) is 0 Å². The van der Waals surface area contributed by atoms with Crippen molar-refractivity contribution in [3.8, 4) is 5.69 Å². The van der Waals surface area contributed by atoms with Crippen LogP contribution in [0.2, 0.25) is 0 Å². The first-order valence-electron chi connectivity index (χ1n) is 3.52. The lowest BCUT2D eigenvalue weighted by atomic mass is 10.3. The molecule has 1 N–H and O–H groups in total. The Morgan fingerprint density at radius 1 is 1.23 bits per heavy atom. The van der Waals surface area contributed by atoms with Crippen LogP contribution in [-0.2, 0) is 0 Å². The van der Waals surface area contributed by atoms with Crippen molar-refractivity contribution in [2.24, 2.45) is 0 Å². The van der Waals surface area contributed by atoms with Crippen molar-refractivity contribution in [3.05, 3.63) is 42.1 Å². The van der Waals surface area contributed by atoms with Gasteiger partial charge < -0.3 is 4.52 Å². The number of hydrogen-bond donors (Lipinski definition) is 1. The summed E-state index contributed by atoms with van der Waals surface area (Å²) < 4.78 is 6.11. The Morgan fingerprint density at radius 2 is 1.92 bits per heavy atom. The smallest absolute Gasteiger partial charge is 0.265 e. The summed E-state index contributed by atoms with van der Waals surface area (Å²) in [7, 11) is 0. The quantitative estimate of drug-likeness (QED) is 0.674. The van der Waals surface area contributed by atoms with Gasteiger partial charge in [0.05, 0.1) is 0 Å². The maximum Gasteiger partial charge on any atom is 0.265 e. The molecule has 4 nitrogen and oxygen atoms in total. The van der Waals surface area contributed by atoms with E-state index >= 15 is 0 Å². The zero-order chi connectivity index (χ0) is 8.39. The molecule has 1 heterocycles. The van der Waals surface area contributed by atoms with Crippen molar-refractivity contribution in [3.63, 3.8) is 0 Å². The van der Waals surface area contributed by atoms with Crippen molar-refractivity contribution < 1.29 is 9.20 Å². The van der Waals surface area contributed by atoms with Gasteiger partial charge in [0, 0.05) is 12.1 Å². The summed E-state index contributed by atoms with van der Waals surface area (Å²) in [6.07, 6.45) is 1.51. The molecule has 0 radical (unpaired) electrons. The van der Waals surface area contributed by atoms with Crippen molar-refractivity contribution in [1.29, 1.82) is 5.41 Å². The number of nitrogens with zero attached hydrogens (tertiary/aromatic N) is 2. The maximum absolute atomic E-state index is 7.12. The Labute approximate surface area is 80.7 Å². The number of benzene rings is 1. The summed E-state index contributed by atoms with van der Waals surface area (Å²) in [5.41, 5.74) is 0.943. The van der Waals surface area contributed by atoms with E-state index in [9.17, 15) is 0 Å². The van der Waals surface area contributed by atoms with E-state index in [-0.39, 0.29) is 18.0 Å². The van der Waals surface area contributed by atoms with E-state index in [1.807, 2.05) is 30.3 Å². The van der Waals surface area contributed by atoms with Gasteiger partial charge in [-0.25, -0.2) is 4.68 Å². The molecule has 0 unspecified atom stereocenters. The lowest BCUT2D eigenvalue weighted by Crippen LogP contribution is -2.33. The molecule has 0 fully saturated rings. The number of para-hydroxylation sites is 1. The molecule has 13 heavy (non-hydrogen) atoms. The normalized spacial score (nSPS) is 9.23. The number of nitrogens with one attached hydrogen (secondary N) is 1. The van der Waals surface area contributed by atoms with Gasteiger partial charge in [0.25, 0.3) is 5.55 Å². The molecule has 5 heteroatoms. The summed E-state index contributed by atoms with van der Waals surface area (Å²) in [4.78, 5) is 0. The second kappa shape index (κ2) is 3.91. The van der Waals surface area contributed by atoms with Crippen LogP contribution in [0.15, 0.2) is 41.1 Å². The molecule has 0 saturated heterocycles. The van der Waals surface area contributed by atoms with Gasteiger partial charge in [-0.2, -0.15) is 0 Å². The molecular weight excluding hydrogens is 190 g/mol. The molecule has 0 aliphatic rings. The van der Waals surface area contributed by atoms with E-state index in [1.54, 1.807) is 0 Å². The minimum atomic E-state index is 0. The molecule has 1 aromatic heterocycles. The summed E-state index contributed by atoms with van der Waals surface area (Å²) in [5.74, 6) is 0. The minimum absolute atomic E-state index is 0. The molecule has 0 atom stereocenters. The highest BCUT2D eigenvalue weighted by Crippen LogP contribution is 1.93. The van der Waals surface area contributed by atoms with Gasteiger partial charge in [-0.1, -0.05) is 18.2 Å². The van der Waals surface area contributed by atoms with Crippen LogP contribution in [0.4, 0.5) is 0 Å². The van der Waals surface area contributed by atoms with E-state index in [1.165, 1.54) is 10.9 Å². The van der Waals surface area contributed by atoms with E-state index in [0.717, 1.165) is 5.69 Å². The molecule has 0 amide bonds. The fourth-order valence-corrected chi connectivity index (χ4v) is 0.949. The van der Waals surface area contributed by atoms with E-state index in [2.05, 4.69) is 9.79 Å². The third kappa shape index (κ3) is 1.97. The highest BCUT2D eigenvalue weighted by atomic mass is 35.5. The highest BCUT2D eigenvalue weighted by Gasteiger charge is 1.98. The number of rotatable bonds is 1. The topological polar surface area (TPSA) is 55.0 Å². The third-order valence-electron chi connectivity index (χ3n) is 1.49. The molecule has 0 aliphatic heterocycles. The average Bonchev–Trinajstić information content (AvgIpc) is 2.54. The minimum Gasteiger partial charge on any atom is -0.487 e. The summed E-state index contributed by atoms with van der Waals surface area (Å²) >= 11 is 0. The van der Waals surface area contributed by atoms with Gasteiger partial charge >= 0.3 is 0 Å². The predicted octanol–water partition coefficient (Wildman–Crippen LogP) is 0.415.